The van der Waals surface area contributed by atoms with Crippen molar-refractivity contribution in [2.45, 2.75) is 13.5 Å². The number of nitrogens with zero attached hydrogens (tertiary/aromatic N) is 3. The molecule has 0 fully saturated rings. The molecule has 1 aromatic carbocycles. The first-order chi connectivity index (χ1) is 11.1. The van der Waals surface area contributed by atoms with Crippen LogP contribution < -0.4 is 5.32 Å². The molecule has 118 valence electrons. The van der Waals surface area contributed by atoms with Crippen LogP contribution in [0.3, 0.4) is 0 Å². The summed E-state index contributed by atoms with van der Waals surface area (Å²) in [6, 6.07) is 9.49. The molecule has 0 radical (unpaired) electrons. The largest absolute Gasteiger partial charge is 0.355 e. The van der Waals surface area contributed by atoms with Crippen molar-refractivity contribution in [3.63, 3.8) is 0 Å². The fourth-order valence-corrected chi connectivity index (χ4v) is 2.40. The van der Waals surface area contributed by atoms with Gasteiger partial charge in [-0.15, -0.1) is 0 Å². The lowest BCUT2D eigenvalue weighted by molar-refractivity contribution is 0.0943. The van der Waals surface area contributed by atoms with Crippen molar-refractivity contribution in [1.82, 2.24) is 20.3 Å². The summed E-state index contributed by atoms with van der Waals surface area (Å²) < 4.78 is 7.89. The molecule has 0 spiro atoms. The third-order valence-electron chi connectivity index (χ3n) is 3.31. The molecule has 0 atom stereocenters. The summed E-state index contributed by atoms with van der Waals surface area (Å²) in [5.74, 6) is 0.310. The van der Waals surface area contributed by atoms with Gasteiger partial charge in [0.1, 0.15) is 0 Å². The van der Waals surface area contributed by atoms with E-state index in [-0.39, 0.29) is 11.6 Å². The fourth-order valence-electron chi connectivity index (χ4n) is 2.07. The van der Waals surface area contributed by atoms with E-state index < -0.39 is 0 Å². The van der Waals surface area contributed by atoms with Crippen molar-refractivity contribution in [2.75, 3.05) is 6.54 Å². The van der Waals surface area contributed by atoms with Crippen LogP contribution in [0.1, 0.15) is 16.1 Å². The molecule has 7 heteroatoms. The molecule has 1 amide bonds. The predicted molar refractivity (Wildman–Crippen MR) is 88.9 cm³/mol. The van der Waals surface area contributed by atoms with Crippen LogP contribution in [-0.2, 0) is 6.54 Å². The second-order valence-corrected chi connectivity index (χ2v) is 6.04. The first-order valence-electron chi connectivity index (χ1n) is 7.12. The van der Waals surface area contributed by atoms with Crippen LogP contribution in [0.25, 0.3) is 11.3 Å². The summed E-state index contributed by atoms with van der Waals surface area (Å²) in [7, 11) is 0. The molecule has 3 aromatic rings. The number of aromatic nitrogens is 3. The van der Waals surface area contributed by atoms with Crippen LogP contribution in [0.15, 0.2) is 51.7 Å². The standard InChI is InChI=1S/C16H15BrN4O2/c1-11-2-4-12(5-3-11)15-8-14(20-23-15)16(22)18-6-7-21-10-13(17)9-19-21/h2-5,8-10H,6-7H2,1H3,(H,18,22). The Labute approximate surface area is 141 Å². The molecule has 0 unspecified atom stereocenters. The molecule has 0 aliphatic carbocycles. The molecule has 1 N–H and O–H groups in total. The van der Waals surface area contributed by atoms with Crippen LogP contribution >= 0.6 is 15.9 Å². The van der Waals surface area contributed by atoms with Crippen molar-refractivity contribution in [3.05, 3.63) is 58.5 Å². The topological polar surface area (TPSA) is 73.0 Å². The van der Waals surface area contributed by atoms with Gasteiger partial charge in [0.25, 0.3) is 5.91 Å². The number of halogens is 1. The van der Waals surface area contributed by atoms with Crippen molar-refractivity contribution < 1.29 is 9.32 Å². The van der Waals surface area contributed by atoms with E-state index in [1.165, 1.54) is 0 Å². The zero-order chi connectivity index (χ0) is 16.2. The van der Waals surface area contributed by atoms with Crippen molar-refractivity contribution in [3.8, 4) is 11.3 Å². The van der Waals surface area contributed by atoms with E-state index in [4.69, 9.17) is 4.52 Å². The Morgan fingerprint density at radius 2 is 2.13 bits per heavy atom. The quantitative estimate of drug-likeness (QED) is 0.744. The summed E-state index contributed by atoms with van der Waals surface area (Å²) in [4.78, 5) is 12.1. The number of hydrogen-bond acceptors (Lipinski definition) is 4. The van der Waals surface area contributed by atoms with Crippen LogP contribution in [0.5, 0.6) is 0 Å². The van der Waals surface area contributed by atoms with Crippen molar-refractivity contribution in [1.29, 1.82) is 0 Å². The van der Waals surface area contributed by atoms with Gasteiger partial charge in [-0.1, -0.05) is 35.0 Å². The molecule has 0 aliphatic rings. The molecule has 2 heterocycles. The molecular formula is C16H15BrN4O2. The highest BCUT2D eigenvalue weighted by molar-refractivity contribution is 9.10. The van der Waals surface area contributed by atoms with Crippen LogP contribution in [0.4, 0.5) is 0 Å². The van der Waals surface area contributed by atoms with E-state index in [0.717, 1.165) is 15.6 Å². The van der Waals surface area contributed by atoms with Crippen LogP contribution in [0, 0.1) is 6.92 Å². The lowest BCUT2D eigenvalue weighted by atomic mass is 10.1. The van der Waals surface area contributed by atoms with Gasteiger partial charge in [0.2, 0.25) is 0 Å². The lowest BCUT2D eigenvalue weighted by Crippen LogP contribution is -2.27. The maximum atomic E-state index is 12.1. The van der Waals surface area contributed by atoms with E-state index in [1.807, 2.05) is 37.4 Å². The molecule has 0 aliphatic heterocycles. The Morgan fingerprint density at radius 1 is 1.35 bits per heavy atom. The Balaban J connectivity index is 1.58. The van der Waals surface area contributed by atoms with Crippen molar-refractivity contribution in [2.24, 2.45) is 0 Å². The van der Waals surface area contributed by atoms with E-state index in [0.29, 0.717) is 18.8 Å². The van der Waals surface area contributed by atoms with E-state index in [1.54, 1.807) is 16.9 Å². The number of benzene rings is 1. The summed E-state index contributed by atoms with van der Waals surface area (Å²) in [6.45, 7) is 3.06. The SMILES string of the molecule is Cc1ccc(-c2cc(C(=O)NCCn3cc(Br)cn3)no2)cc1. The third kappa shape index (κ3) is 3.87. The summed E-state index contributed by atoms with van der Waals surface area (Å²) in [6.07, 6.45) is 3.55. The number of carbonyl (C=O) groups excluding carboxylic acids is 1. The number of hydrogen-bond donors (Lipinski definition) is 1. The van der Waals surface area contributed by atoms with Gasteiger partial charge in [-0.2, -0.15) is 5.10 Å². The summed E-state index contributed by atoms with van der Waals surface area (Å²) in [5, 5.41) is 10.7. The van der Waals surface area contributed by atoms with Gasteiger partial charge >= 0.3 is 0 Å². The minimum Gasteiger partial charge on any atom is -0.355 e. The molecule has 3 rings (SSSR count). The number of rotatable bonds is 5. The lowest BCUT2D eigenvalue weighted by Gasteiger charge is -2.02. The maximum Gasteiger partial charge on any atom is 0.273 e. The first kappa shape index (κ1) is 15.5. The number of nitrogens with one attached hydrogen (secondary N) is 1. The Morgan fingerprint density at radius 3 is 2.83 bits per heavy atom. The number of aryl methyl sites for hydroxylation is 1. The minimum atomic E-state index is -0.265. The highest BCUT2D eigenvalue weighted by Gasteiger charge is 2.13. The zero-order valence-corrected chi connectivity index (χ0v) is 14.1. The number of carbonyl (C=O) groups is 1. The maximum absolute atomic E-state index is 12.1. The van der Waals surface area contributed by atoms with Gasteiger partial charge in [0.15, 0.2) is 11.5 Å². The van der Waals surface area contributed by atoms with Gasteiger partial charge in [0.05, 0.1) is 17.2 Å². The highest BCUT2D eigenvalue weighted by atomic mass is 79.9. The predicted octanol–water partition coefficient (Wildman–Crippen LogP) is 3.04. The summed E-state index contributed by atoms with van der Waals surface area (Å²) >= 11 is 3.33. The molecule has 6 nitrogen and oxygen atoms in total. The minimum absolute atomic E-state index is 0.265. The Kier molecular flexibility index (Phi) is 4.57. The van der Waals surface area contributed by atoms with Gasteiger partial charge < -0.3 is 9.84 Å². The Bertz CT molecular complexity index is 808. The molecular weight excluding hydrogens is 360 g/mol. The van der Waals surface area contributed by atoms with Gasteiger partial charge in [-0.3, -0.25) is 9.48 Å². The Hall–Kier alpha value is -2.41. The van der Waals surface area contributed by atoms with E-state index in [9.17, 15) is 4.79 Å². The highest BCUT2D eigenvalue weighted by Crippen LogP contribution is 2.20. The second-order valence-electron chi connectivity index (χ2n) is 5.12. The van der Waals surface area contributed by atoms with Gasteiger partial charge in [0, 0.05) is 24.4 Å². The second kappa shape index (κ2) is 6.78. The first-order valence-corrected chi connectivity index (χ1v) is 7.91. The van der Waals surface area contributed by atoms with Gasteiger partial charge in [-0.25, -0.2) is 0 Å². The molecule has 0 bridgehead atoms. The molecule has 2 aromatic heterocycles. The molecule has 0 saturated carbocycles. The van der Waals surface area contributed by atoms with Crippen LogP contribution in [-0.4, -0.2) is 27.4 Å². The van der Waals surface area contributed by atoms with Gasteiger partial charge in [-0.05, 0) is 22.9 Å². The smallest absolute Gasteiger partial charge is 0.273 e. The van der Waals surface area contributed by atoms with Crippen molar-refractivity contribution >= 4 is 21.8 Å². The monoisotopic (exact) mass is 374 g/mol. The normalized spacial score (nSPS) is 10.7. The fraction of sp³-hybridized carbons (Fsp3) is 0.188. The average molecular weight is 375 g/mol. The zero-order valence-electron chi connectivity index (χ0n) is 12.5. The molecule has 0 saturated heterocycles. The summed E-state index contributed by atoms with van der Waals surface area (Å²) in [5.41, 5.74) is 2.32. The number of amides is 1. The third-order valence-corrected chi connectivity index (χ3v) is 3.72. The van der Waals surface area contributed by atoms with E-state index >= 15 is 0 Å². The molecule has 23 heavy (non-hydrogen) atoms. The van der Waals surface area contributed by atoms with E-state index in [2.05, 4.69) is 31.5 Å². The average Bonchev–Trinajstić information content (AvgIpc) is 3.17. The van der Waals surface area contributed by atoms with Crippen LogP contribution in [0.2, 0.25) is 0 Å².